The van der Waals surface area contributed by atoms with E-state index in [1.165, 1.54) is 10.6 Å². The van der Waals surface area contributed by atoms with Gasteiger partial charge in [0.05, 0.1) is 0 Å². The maximum absolute atomic E-state index is 5.23. The Morgan fingerprint density at radius 1 is 1.67 bits per heavy atom. The van der Waals surface area contributed by atoms with Gasteiger partial charge in [0.1, 0.15) is 0 Å². The first-order valence-electron chi connectivity index (χ1n) is 4.00. The van der Waals surface area contributed by atoms with E-state index in [0.29, 0.717) is 0 Å². The van der Waals surface area contributed by atoms with Crippen LogP contribution in [0.4, 0.5) is 0 Å². The lowest BCUT2D eigenvalue weighted by atomic mass is 10.3. The molecule has 0 fully saturated rings. The SMILES string of the molecule is C=CCn1c(CC)c(C)sc1=S. The zero-order chi connectivity index (χ0) is 9.14. The predicted molar refractivity (Wildman–Crippen MR) is 57.5 cm³/mol. The van der Waals surface area contributed by atoms with Crippen molar-refractivity contribution in [3.8, 4) is 0 Å². The van der Waals surface area contributed by atoms with E-state index >= 15 is 0 Å². The summed E-state index contributed by atoms with van der Waals surface area (Å²) in [6.07, 6.45) is 2.94. The Morgan fingerprint density at radius 2 is 2.33 bits per heavy atom. The summed E-state index contributed by atoms with van der Waals surface area (Å²) in [7, 11) is 0. The van der Waals surface area contributed by atoms with Crippen molar-refractivity contribution in [3.63, 3.8) is 0 Å². The third-order valence-corrected chi connectivity index (χ3v) is 3.25. The predicted octanol–water partition coefficient (Wildman–Crippen LogP) is 3.34. The lowest BCUT2D eigenvalue weighted by molar-refractivity contribution is 0.758. The van der Waals surface area contributed by atoms with E-state index in [0.717, 1.165) is 16.9 Å². The number of nitrogens with zero attached hydrogens (tertiary/aromatic N) is 1. The van der Waals surface area contributed by atoms with Crippen LogP contribution in [0.5, 0.6) is 0 Å². The number of hydrogen-bond donors (Lipinski definition) is 0. The van der Waals surface area contributed by atoms with Crippen molar-refractivity contribution in [2.24, 2.45) is 0 Å². The molecule has 0 aliphatic heterocycles. The summed E-state index contributed by atoms with van der Waals surface area (Å²) in [4.78, 5) is 1.34. The highest BCUT2D eigenvalue weighted by atomic mass is 32.1. The van der Waals surface area contributed by atoms with Crippen molar-refractivity contribution in [1.82, 2.24) is 4.57 Å². The van der Waals surface area contributed by atoms with Crippen molar-refractivity contribution < 1.29 is 0 Å². The van der Waals surface area contributed by atoms with Gasteiger partial charge in [0.25, 0.3) is 0 Å². The largest absolute Gasteiger partial charge is 0.323 e. The fourth-order valence-corrected chi connectivity index (χ4v) is 2.79. The molecule has 1 aromatic rings. The van der Waals surface area contributed by atoms with E-state index in [2.05, 4.69) is 25.0 Å². The van der Waals surface area contributed by atoms with Crippen LogP contribution in [0.15, 0.2) is 12.7 Å². The summed E-state index contributed by atoms with van der Waals surface area (Å²) >= 11 is 6.92. The molecule has 0 bridgehead atoms. The second-order valence-electron chi connectivity index (χ2n) is 2.62. The zero-order valence-corrected chi connectivity index (χ0v) is 9.10. The molecule has 1 nitrogen and oxygen atoms in total. The molecule has 0 spiro atoms. The van der Waals surface area contributed by atoms with Gasteiger partial charge in [-0.2, -0.15) is 0 Å². The molecule has 0 saturated heterocycles. The van der Waals surface area contributed by atoms with Gasteiger partial charge in [0.2, 0.25) is 0 Å². The molecule has 66 valence electrons. The first-order chi connectivity index (χ1) is 5.70. The van der Waals surface area contributed by atoms with E-state index in [4.69, 9.17) is 12.2 Å². The fraction of sp³-hybridized carbons (Fsp3) is 0.444. The molecule has 0 amide bonds. The van der Waals surface area contributed by atoms with Crippen molar-refractivity contribution in [1.29, 1.82) is 0 Å². The number of aromatic nitrogens is 1. The molecule has 0 aromatic carbocycles. The summed E-state index contributed by atoms with van der Waals surface area (Å²) in [5.41, 5.74) is 1.35. The topological polar surface area (TPSA) is 4.93 Å². The number of thiazole rings is 1. The van der Waals surface area contributed by atoms with Gasteiger partial charge >= 0.3 is 0 Å². The van der Waals surface area contributed by atoms with Gasteiger partial charge in [-0.1, -0.05) is 13.0 Å². The minimum atomic E-state index is 0.840. The highest BCUT2D eigenvalue weighted by molar-refractivity contribution is 7.73. The van der Waals surface area contributed by atoms with Crippen LogP contribution in [0.25, 0.3) is 0 Å². The number of rotatable bonds is 3. The maximum Gasteiger partial charge on any atom is 0.161 e. The Kier molecular flexibility index (Phi) is 3.23. The normalized spacial score (nSPS) is 10.2. The molecule has 1 rings (SSSR count). The average Bonchev–Trinajstić information content (AvgIpc) is 2.28. The van der Waals surface area contributed by atoms with Gasteiger partial charge in [-0.15, -0.1) is 17.9 Å². The summed E-state index contributed by atoms with van der Waals surface area (Å²) < 4.78 is 3.12. The monoisotopic (exact) mass is 199 g/mol. The minimum absolute atomic E-state index is 0.840. The summed E-state index contributed by atoms with van der Waals surface area (Å²) in [5, 5.41) is 0. The molecule has 1 heterocycles. The molecule has 0 atom stereocenters. The van der Waals surface area contributed by atoms with E-state index < -0.39 is 0 Å². The Hall–Kier alpha value is -0.410. The molecule has 1 aromatic heterocycles. The quantitative estimate of drug-likeness (QED) is 0.534. The Labute approximate surface area is 82.4 Å². The van der Waals surface area contributed by atoms with Crippen molar-refractivity contribution in [3.05, 3.63) is 27.2 Å². The Morgan fingerprint density at radius 3 is 2.83 bits per heavy atom. The first kappa shape index (κ1) is 9.68. The molecule has 3 heteroatoms. The number of allylic oxidation sites excluding steroid dienone is 1. The van der Waals surface area contributed by atoms with Crippen LogP contribution in [0, 0.1) is 10.9 Å². The van der Waals surface area contributed by atoms with Crippen LogP contribution in [0.3, 0.4) is 0 Å². The lowest BCUT2D eigenvalue weighted by Crippen LogP contribution is -2.00. The number of aryl methyl sites for hydroxylation is 1. The van der Waals surface area contributed by atoms with E-state index in [1.54, 1.807) is 11.3 Å². The number of hydrogen-bond acceptors (Lipinski definition) is 2. The smallest absolute Gasteiger partial charge is 0.161 e. The Bertz CT molecular complexity index is 333. The van der Waals surface area contributed by atoms with Gasteiger partial charge < -0.3 is 4.57 Å². The van der Waals surface area contributed by atoms with Gasteiger partial charge in [-0.05, 0) is 25.6 Å². The molecule has 0 unspecified atom stereocenters. The second-order valence-corrected chi connectivity index (χ2v) is 4.47. The van der Waals surface area contributed by atoms with Crippen molar-refractivity contribution in [2.45, 2.75) is 26.8 Å². The van der Waals surface area contributed by atoms with E-state index in [-0.39, 0.29) is 0 Å². The lowest BCUT2D eigenvalue weighted by Gasteiger charge is -2.03. The van der Waals surface area contributed by atoms with E-state index in [9.17, 15) is 0 Å². The maximum atomic E-state index is 5.23. The van der Waals surface area contributed by atoms with Crippen LogP contribution in [0.2, 0.25) is 0 Å². The molecule has 0 aliphatic carbocycles. The zero-order valence-electron chi connectivity index (χ0n) is 7.46. The van der Waals surface area contributed by atoms with Crippen LogP contribution < -0.4 is 0 Å². The summed E-state index contributed by atoms with van der Waals surface area (Å²) in [6, 6.07) is 0. The van der Waals surface area contributed by atoms with Gasteiger partial charge in [0.15, 0.2) is 3.95 Å². The second kappa shape index (κ2) is 4.01. The Balaban J connectivity index is 3.22. The van der Waals surface area contributed by atoms with Crippen molar-refractivity contribution in [2.75, 3.05) is 0 Å². The van der Waals surface area contributed by atoms with Gasteiger partial charge in [-0.25, -0.2) is 0 Å². The standard InChI is InChI=1S/C9H13NS2/c1-4-6-10-8(5-2)7(3)12-9(10)11/h4H,1,5-6H2,2-3H3. The van der Waals surface area contributed by atoms with Gasteiger partial charge in [-0.3, -0.25) is 0 Å². The molecular formula is C9H13NS2. The first-order valence-corrected chi connectivity index (χ1v) is 5.23. The van der Waals surface area contributed by atoms with Crippen molar-refractivity contribution >= 4 is 23.6 Å². The minimum Gasteiger partial charge on any atom is -0.323 e. The van der Waals surface area contributed by atoms with Crippen LogP contribution in [-0.4, -0.2) is 4.57 Å². The molecule has 12 heavy (non-hydrogen) atoms. The van der Waals surface area contributed by atoms with Gasteiger partial charge in [0, 0.05) is 17.1 Å². The fourth-order valence-electron chi connectivity index (χ4n) is 1.30. The summed E-state index contributed by atoms with van der Waals surface area (Å²) in [6.45, 7) is 8.84. The molecule has 0 radical (unpaired) electrons. The molecule has 0 saturated carbocycles. The van der Waals surface area contributed by atoms with Crippen LogP contribution in [0.1, 0.15) is 17.5 Å². The van der Waals surface area contributed by atoms with E-state index in [1.807, 2.05) is 6.08 Å². The average molecular weight is 199 g/mol. The summed E-state index contributed by atoms with van der Waals surface area (Å²) in [5.74, 6) is 0. The third kappa shape index (κ3) is 1.67. The third-order valence-electron chi connectivity index (χ3n) is 1.84. The highest BCUT2D eigenvalue weighted by Gasteiger charge is 2.05. The molecule has 0 aliphatic rings. The van der Waals surface area contributed by atoms with Crippen LogP contribution >= 0.6 is 23.6 Å². The molecular weight excluding hydrogens is 186 g/mol. The highest BCUT2D eigenvalue weighted by Crippen LogP contribution is 2.18. The molecule has 0 N–H and O–H groups in total. The van der Waals surface area contributed by atoms with Crippen LogP contribution in [-0.2, 0) is 13.0 Å².